The molecule has 1 unspecified atom stereocenters. The van der Waals surface area contributed by atoms with Gasteiger partial charge in [0, 0.05) is 6.04 Å². The van der Waals surface area contributed by atoms with Crippen LogP contribution in [0.25, 0.3) is 0 Å². The van der Waals surface area contributed by atoms with Crippen LogP contribution in [-0.4, -0.2) is 61.7 Å². The van der Waals surface area contributed by atoms with E-state index in [1.807, 2.05) is 0 Å². The highest BCUT2D eigenvalue weighted by Gasteiger charge is 2.11. The maximum Gasteiger partial charge on any atom is 0.00789 e. The molecule has 0 fully saturated rings. The number of nitrogens with one attached hydrogen (secondary N) is 1. The van der Waals surface area contributed by atoms with Crippen molar-refractivity contribution in [3.63, 3.8) is 0 Å². The predicted molar refractivity (Wildman–Crippen MR) is 91.4 cm³/mol. The lowest BCUT2D eigenvalue weighted by atomic mass is 10.1. The zero-order valence-corrected chi connectivity index (χ0v) is 14.9. The van der Waals surface area contributed by atoms with Gasteiger partial charge in [0.25, 0.3) is 0 Å². The third kappa shape index (κ3) is 9.73. The van der Waals surface area contributed by atoms with E-state index in [2.05, 4.69) is 56.7 Å². The molecule has 3 heteroatoms. The van der Waals surface area contributed by atoms with Crippen LogP contribution in [-0.2, 0) is 0 Å². The highest BCUT2D eigenvalue weighted by molar-refractivity contribution is 4.68. The molecule has 3 nitrogen and oxygen atoms in total. The molecule has 0 radical (unpaired) electrons. The van der Waals surface area contributed by atoms with E-state index in [0.29, 0.717) is 6.04 Å². The van der Waals surface area contributed by atoms with Crippen molar-refractivity contribution in [2.75, 3.05) is 45.8 Å². The molecule has 1 atom stereocenters. The Morgan fingerprint density at radius 2 is 1.55 bits per heavy atom. The molecule has 1 N–H and O–H groups in total. The van der Waals surface area contributed by atoms with Crippen LogP contribution in [0.15, 0.2) is 0 Å². The molecule has 0 aliphatic rings. The van der Waals surface area contributed by atoms with E-state index >= 15 is 0 Å². The van der Waals surface area contributed by atoms with Crippen molar-refractivity contribution in [1.82, 2.24) is 15.1 Å². The van der Waals surface area contributed by atoms with Gasteiger partial charge in [0.2, 0.25) is 0 Å². The van der Waals surface area contributed by atoms with Crippen LogP contribution in [0.2, 0.25) is 0 Å². The number of hydrogen-bond acceptors (Lipinski definition) is 3. The van der Waals surface area contributed by atoms with Gasteiger partial charge in [0.1, 0.15) is 0 Å². The number of rotatable bonds is 13. The second kappa shape index (κ2) is 12.6. The standard InChI is InChI=1S/C17H39N3/c1-7-19(8-2)13-10-14-20(9-3)17(6)11-12-18-15-16(4)5/h16-18H,7-15H2,1-6H3. The third-order valence-electron chi connectivity index (χ3n) is 4.14. The summed E-state index contributed by atoms with van der Waals surface area (Å²) in [5, 5.41) is 3.55. The van der Waals surface area contributed by atoms with E-state index in [0.717, 1.165) is 19.0 Å². The van der Waals surface area contributed by atoms with Gasteiger partial charge in [-0.15, -0.1) is 0 Å². The number of nitrogens with zero attached hydrogens (tertiary/aromatic N) is 2. The number of hydrogen-bond donors (Lipinski definition) is 1. The minimum atomic E-state index is 0.691. The molecule has 0 amide bonds. The topological polar surface area (TPSA) is 18.5 Å². The molecule has 0 rings (SSSR count). The van der Waals surface area contributed by atoms with E-state index in [1.54, 1.807) is 0 Å². The van der Waals surface area contributed by atoms with Crippen LogP contribution < -0.4 is 5.32 Å². The molecule has 122 valence electrons. The first kappa shape index (κ1) is 19.9. The van der Waals surface area contributed by atoms with Gasteiger partial charge in [-0.2, -0.15) is 0 Å². The average Bonchev–Trinajstić information content (AvgIpc) is 2.43. The van der Waals surface area contributed by atoms with Gasteiger partial charge in [-0.05, 0) is 71.5 Å². The predicted octanol–water partition coefficient (Wildman–Crippen LogP) is 3.06. The molecular weight excluding hydrogens is 246 g/mol. The Hall–Kier alpha value is -0.120. The van der Waals surface area contributed by atoms with Crippen molar-refractivity contribution in [1.29, 1.82) is 0 Å². The molecule has 0 aromatic carbocycles. The molecule has 20 heavy (non-hydrogen) atoms. The van der Waals surface area contributed by atoms with E-state index in [9.17, 15) is 0 Å². The summed E-state index contributed by atoms with van der Waals surface area (Å²) in [6.07, 6.45) is 2.55. The summed E-state index contributed by atoms with van der Waals surface area (Å²) >= 11 is 0. The van der Waals surface area contributed by atoms with Crippen molar-refractivity contribution in [3.8, 4) is 0 Å². The Kier molecular flexibility index (Phi) is 12.5. The fraction of sp³-hybridized carbons (Fsp3) is 1.00. The molecule has 0 aromatic heterocycles. The third-order valence-corrected chi connectivity index (χ3v) is 4.14. The second-order valence-electron chi connectivity index (χ2n) is 6.24. The highest BCUT2D eigenvalue weighted by atomic mass is 15.2. The Labute approximate surface area is 128 Å². The Morgan fingerprint density at radius 1 is 0.900 bits per heavy atom. The maximum absolute atomic E-state index is 3.55. The van der Waals surface area contributed by atoms with Crippen LogP contribution in [0.1, 0.15) is 54.4 Å². The smallest absolute Gasteiger partial charge is 0.00789 e. The fourth-order valence-corrected chi connectivity index (χ4v) is 2.61. The van der Waals surface area contributed by atoms with Crippen LogP contribution in [0, 0.1) is 5.92 Å². The first-order chi connectivity index (χ1) is 9.54. The summed E-state index contributed by atoms with van der Waals surface area (Å²) in [6, 6.07) is 0.691. The van der Waals surface area contributed by atoms with Crippen molar-refractivity contribution < 1.29 is 0 Å². The van der Waals surface area contributed by atoms with Crippen molar-refractivity contribution in [2.45, 2.75) is 60.4 Å². The Balaban J connectivity index is 3.81. The second-order valence-corrected chi connectivity index (χ2v) is 6.24. The Morgan fingerprint density at radius 3 is 2.05 bits per heavy atom. The maximum atomic E-state index is 3.55. The van der Waals surface area contributed by atoms with Gasteiger partial charge in [-0.1, -0.05) is 34.6 Å². The zero-order valence-electron chi connectivity index (χ0n) is 14.9. The lowest BCUT2D eigenvalue weighted by Gasteiger charge is -2.29. The summed E-state index contributed by atoms with van der Waals surface area (Å²) < 4.78 is 0. The summed E-state index contributed by atoms with van der Waals surface area (Å²) in [6.45, 7) is 22.0. The van der Waals surface area contributed by atoms with Gasteiger partial charge in [0.15, 0.2) is 0 Å². The van der Waals surface area contributed by atoms with Crippen molar-refractivity contribution in [2.24, 2.45) is 5.92 Å². The molecule has 0 aliphatic carbocycles. The summed E-state index contributed by atoms with van der Waals surface area (Å²) in [7, 11) is 0. The molecular formula is C17H39N3. The normalized spacial score (nSPS) is 13.7. The zero-order chi connectivity index (χ0) is 15.4. The van der Waals surface area contributed by atoms with Crippen LogP contribution in [0.4, 0.5) is 0 Å². The Bertz CT molecular complexity index is 202. The van der Waals surface area contributed by atoms with Crippen molar-refractivity contribution in [3.05, 3.63) is 0 Å². The van der Waals surface area contributed by atoms with E-state index in [4.69, 9.17) is 0 Å². The first-order valence-corrected chi connectivity index (χ1v) is 8.72. The van der Waals surface area contributed by atoms with Crippen LogP contribution in [0.3, 0.4) is 0 Å². The summed E-state index contributed by atoms with van der Waals surface area (Å²) in [5.74, 6) is 0.752. The van der Waals surface area contributed by atoms with Crippen LogP contribution in [0.5, 0.6) is 0 Å². The lowest BCUT2D eigenvalue weighted by Crippen LogP contribution is -2.37. The van der Waals surface area contributed by atoms with E-state index in [-0.39, 0.29) is 0 Å². The molecule has 0 aliphatic heterocycles. The van der Waals surface area contributed by atoms with Crippen LogP contribution >= 0.6 is 0 Å². The van der Waals surface area contributed by atoms with Crippen molar-refractivity contribution >= 4 is 0 Å². The molecule has 0 bridgehead atoms. The molecule has 0 saturated heterocycles. The molecule has 0 heterocycles. The monoisotopic (exact) mass is 285 g/mol. The fourth-order valence-electron chi connectivity index (χ4n) is 2.61. The largest absolute Gasteiger partial charge is 0.316 e. The van der Waals surface area contributed by atoms with Gasteiger partial charge >= 0.3 is 0 Å². The molecule has 0 saturated carbocycles. The SMILES string of the molecule is CCN(CC)CCCN(CC)C(C)CCNCC(C)C. The minimum absolute atomic E-state index is 0.691. The van der Waals surface area contributed by atoms with E-state index in [1.165, 1.54) is 45.6 Å². The average molecular weight is 286 g/mol. The van der Waals surface area contributed by atoms with Gasteiger partial charge < -0.3 is 15.1 Å². The molecule has 0 spiro atoms. The minimum Gasteiger partial charge on any atom is -0.316 e. The van der Waals surface area contributed by atoms with E-state index < -0.39 is 0 Å². The molecule has 0 aromatic rings. The van der Waals surface area contributed by atoms with Gasteiger partial charge in [0.05, 0.1) is 0 Å². The highest BCUT2D eigenvalue weighted by Crippen LogP contribution is 2.05. The summed E-state index contributed by atoms with van der Waals surface area (Å²) in [4.78, 5) is 5.14. The van der Waals surface area contributed by atoms with Gasteiger partial charge in [-0.3, -0.25) is 0 Å². The summed E-state index contributed by atoms with van der Waals surface area (Å²) in [5.41, 5.74) is 0. The first-order valence-electron chi connectivity index (χ1n) is 8.72. The van der Waals surface area contributed by atoms with Gasteiger partial charge in [-0.25, -0.2) is 0 Å². The quantitative estimate of drug-likeness (QED) is 0.525. The lowest BCUT2D eigenvalue weighted by molar-refractivity contribution is 0.191.